The molecule has 1 fully saturated rings. The Morgan fingerprint density at radius 2 is 2.27 bits per heavy atom. The summed E-state index contributed by atoms with van der Waals surface area (Å²) in [6, 6.07) is -0.0609. The average molecular weight is 321 g/mol. The molecule has 3 rings (SSSR count). The lowest BCUT2D eigenvalue weighted by Gasteiger charge is -2.20. The molecule has 1 atom stereocenters. The lowest BCUT2D eigenvalue weighted by atomic mass is 10.2. The van der Waals surface area contributed by atoms with Crippen molar-refractivity contribution in [2.75, 3.05) is 39.8 Å². The van der Waals surface area contributed by atoms with Crippen LogP contribution < -0.4 is 5.32 Å². The van der Waals surface area contributed by atoms with Crippen LogP contribution in [0.3, 0.4) is 0 Å². The first-order valence-corrected chi connectivity index (χ1v) is 8.62. The van der Waals surface area contributed by atoms with Gasteiger partial charge in [-0.15, -0.1) is 11.3 Å². The topological polar surface area (TPSA) is 52.9 Å². The molecule has 0 aromatic carbocycles. The van der Waals surface area contributed by atoms with Crippen LogP contribution in [0.15, 0.2) is 17.8 Å². The number of fused-ring (bicyclic) bond motifs is 1. The lowest BCUT2D eigenvalue weighted by Crippen LogP contribution is -2.39. The maximum Gasteiger partial charge on any atom is 0.234 e. The second-order valence-corrected chi connectivity index (χ2v) is 6.85. The van der Waals surface area contributed by atoms with E-state index in [0.717, 1.165) is 43.3 Å². The van der Waals surface area contributed by atoms with Crippen molar-refractivity contribution in [2.45, 2.75) is 19.4 Å². The number of carbonyl (C=O) groups excluding carboxylic acids is 1. The highest BCUT2D eigenvalue weighted by molar-refractivity contribution is 7.15. The number of hydrogen-bond donors (Lipinski definition) is 1. The van der Waals surface area contributed by atoms with E-state index in [2.05, 4.69) is 27.1 Å². The normalized spacial score (nSPS) is 19.2. The highest BCUT2D eigenvalue weighted by Gasteiger charge is 2.18. The minimum absolute atomic E-state index is 0.0609. The Balaban J connectivity index is 1.53. The molecule has 0 spiro atoms. The fourth-order valence-electron chi connectivity index (χ4n) is 2.78. The molecule has 120 valence electrons. The maximum atomic E-state index is 12.2. The number of thiazole rings is 1. The van der Waals surface area contributed by atoms with Crippen molar-refractivity contribution in [3.8, 4) is 0 Å². The van der Waals surface area contributed by atoms with Crippen LogP contribution in [0.2, 0.25) is 0 Å². The molecule has 1 saturated heterocycles. The van der Waals surface area contributed by atoms with Crippen molar-refractivity contribution in [1.82, 2.24) is 24.5 Å². The van der Waals surface area contributed by atoms with E-state index >= 15 is 0 Å². The van der Waals surface area contributed by atoms with Gasteiger partial charge in [-0.2, -0.15) is 0 Å². The molecule has 0 unspecified atom stereocenters. The van der Waals surface area contributed by atoms with Crippen molar-refractivity contribution in [2.24, 2.45) is 0 Å². The Hall–Kier alpha value is -1.44. The third-order valence-corrected chi connectivity index (χ3v) is 4.88. The minimum Gasteiger partial charge on any atom is -0.347 e. The maximum absolute atomic E-state index is 12.2. The van der Waals surface area contributed by atoms with Crippen LogP contribution in [0.25, 0.3) is 4.96 Å². The monoisotopic (exact) mass is 321 g/mol. The third kappa shape index (κ3) is 3.66. The largest absolute Gasteiger partial charge is 0.347 e. The van der Waals surface area contributed by atoms with Gasteiger partial charge in [0.15, 0.2) is 4.96 Å². The molecule has 22 heavy (non-hydrogen) atoms. The fraction of sp³-hybridized carbons (Fsp3) is 0.600. The molecule has 6 nitrogen and oxygen atoms in total. The molecule has 2 aromatic heterocycles. The molecule has 0 radical (unpaired) electrons. The van der Waals surface area contributed by atoms with Gasteiger partial charge in [0.05, 0.1) is 18.3 Å². The Bertz CT molecular complexity index is 608. The molecule has 1 aliphatic heterocycles. The van der Waals surface area contributed by atoms with Crippen molar-refractivity contribution < 1.29 is 4.79 Å². The Labute approximate surface area is 134 Å². The third-order valence-electron chi connectivity index (χ3n) is 4.11. The number of amides is 1. The zero-order chi connectivity index (χ0) is 15.5. The summed E-state index contributed by atoms with van der Waals surface area (Å²) >= 11 is 1.60. The molecule has 1 aliphatic rings. The summed E-state index contributed by atoms with van der Waals surface area (Å²) in [5.41, 5.74) is 0.913. The first kappa shape index (κ1) is 15.5. The van der Waals surface area contributed by atoms with Gasteiger partial charge >= 0.3 is 0 Å². The van der Waals surface area contributed by atoms with E-state index in [1.54, 1.807) is 11.3 Å². The van der Waals surface area contributed by atoms with E-state index in [-0.39, 0.29) is 11.9 Å². The summed E-state index contributed by atoms with van der Waals surface area (Å²) < 4.78 is 1.99. The number of hydrogen-bond acceptors (Lipinski definition) is 5. The molecule has 3 heterocycles. The van der Waals surface area contributed by atoms with Crippen molar-refractivity contribution >= 4 is 22.2 Å². The number of aromatic nitrogens is 2. The zero-order valence-electron chi connectivity index (χ0n) is 13.2. The Morgan fingerprint density at radius 1 is 1.41 bits per heavy atom. The molecule has 1 amide bonds. The van der Waals surface area contributed by atoms with Gasteiger partial charge in [0.1, 0.15) is 0 Å². The highest BCUT2D eigenvalue weighted by atomic mass is 32.1. The average Bonchev–Trinajstić information content (AvgIpc) is 3.00. The Morgan fingerprint density at radius 3 is 3.09 bits per heavy atom. The number of carbonyl (C=O) groups is 1. The molecule has 2 aromatic rings. The summed E-state index contributed by atoms with van der Waals surface area (Å²) in [6.07, 6.45) is 5.09. The fourth-order valence-corrected chi connectivity index (χ4v) is 3.48. The number of nitrogens with zero attached hydrogens (tertiary/aromatic N) is 4. The highest BCUT2D eigenvalue weighted by Crippen LogP contribution is 2.16. The van der Waals surface area contributed by atoms with Gasteiger partial charge < -0.3 is 10.2 Å². The summed E-state index contributed by atoms with van der Waals surface area (Å²) in [7, 11) is 2.13. The van der Waals surface area contributed by atoms with Gasteiger partial charge in [-0.3, -0.25) is 14.1 Å². The van der Waals surface area contributed by atoms with Crippen LogP contribution in [-0.4, -0.2) is 64.9 Å². The number of imidazole rings is 1. The van der Waals surface area contributed by atoms with Crippen LogP contribution in [0.4, 0.5) is 0 Å². The summed E-state index contributed by atoms with van der Waals surface area (Å²) in [5, 5.41) is 5.07. The van der Waals surface area contributed by atoms with Crippen LogP contribution in [0, 0.1) is 0 Å². The van der Waals surface area contributed by atoms with Gasteiger partial charge in [0, 0.05) is 30.9 Å². The second kappa shape index (κ2) is 6.76. The Kier molecular flexibility index (Phi) is 4.75. The van der Waals surface area contributed by atoms with Crippen molar-refractivity contribution in [3.05, 3.63) is 23.5 Å². The summed E-state index contributed by atoms with van der Waals surface area (Å²) in [6.45, 7) is 6.55. The minimum atomic E-state index is -0.0609. The van der Waals surface area contributed by atoms with Gasteiger partial charge in [-0.1, -0.05) is 0 Å². The van der Waals surface area contributed by atoms with Crippen LogP contribution in [0.5, 0.6) is 0 Å². The van der Waals surface area contributed by atoms with E-state index in [4.69, 9.17) is 0 Å². The smallest absolute Gasteiger partial charge is 0.234 e. The summed E-state index contributed by atoms with van der Waals surface area (Å²) in [4.78, 5) is 22.3. The van der Waals surface area contributed by atoms with E-state index in [1.807, 2.05) is 29.1 Å². The molecule has 0 aliphatic carbocycles. The number of likely N-dealkylation sites (N-methyl/N-ethyl adjacent to an activating group) is 1. The standard InChI is InChI=1S/C15H23N5OS/c1-12(13-10-20-8-9-22-15(20)17-13)16-14(21)11-19-5-3-4-18(2)6-7-19/h8-10,12H,3-7,11H2,1-2H3,(H,16,21)/t12-/m0/s1. The predicted molar refractivity (Wildman–Crippen MR) is 88.2 cm³/mol. The van der Waals surface area contributed by atoms with Crippen LogP contribution >= 0.6 is 11.3 Å². The lowest BCUT2D eigenvalue weighted by molar-refractivity contribution is -0.122. The van der Waals surface area contributed by atoms with Crippen LogP contribution in [-0.2, 0) is 4.79 Å². The second-order valence-electron chi connectivity index (χ2n) is 5.98. The molecule has 1 N–H and O–H groups in total. The first-order chi connectivity index (χ1) is 10.6. The molecule has 7 heteroatoms. The number of rotatable bonds is 4. The van der Waals surface area contributed by atoms with E-state index < -0.39 is 0 Å². The molecular formula is C15H23N5OS. The van der Waals surface area contributed by atoms with E-state index in [9.17, 15) is 4.79 Å². The first-order valence-electron chi connectivity index (χ1n) is 7.74. The van der Waals surface area contributed by atoms with E-state index in [0.29, 0.717) is 6.54 Å². The van der Waals surface area contributed by atoms with Gasteiger partial charge in [-0.25, -0.2) is 4.98 Å². The quantitative estimate of drug-likeness (QED) is 0.920. The van der Waals surface area contributed by atoms with Crippen LogP contribution in [0.1, 0.15) is 25.1 Å². The molecule has 0 bridgehead atoms. The van der Waals surface area contributed by atoms with Gasteiger partial charge in [0.2, 0.25) is 5.91 Å². The number of nitrogens with one attached hydrogen (secondary N) is 1. The summed E-state index contributed by atoms with van der Waals surface area (Å²) in [5.74, 6) is 0.0772. The van der Waals surface area contributed by atoms with Crippen molar-refractivity contribution in [3.63, 3.8) is 0 Å². The molecule has 0 saturated carbocycles. The SMILES string of the molecule is C[C@H](NC(=O)CN1CCCN(C)CC1)c1cn2ccsc2n1. The predicted octanol–water partition coefficient (Wildman–Crippen LogP) is 1.21. The van der Waals surface area contributed by atoms with Crippen molar-refractivity contribution in [1.29, 1.82) is 0 Å². The van der Waals surface area contributed by atoms with Gasteiger partial charge in [0.25, 0.3) is 0 Å². The van der Waals surface area contributed by atoms with E-state index in [1.165, 1.54) is 0 Å². The van der Waals surface area contributed by atoms with Gasteiger partial charge in [-0.05, 0) is 33.5 Å². The zero-order valence-corrected chi connectivity index (χ0v) is 14.0. The molecular weight excluding hydrogens is 298 g/mol.